The zero-order chi connectivity index (χ0) is 9.73. The van der Waals surface area contributed by atoms with Gasteiger partial charge in [0.1, 0.15) is 0 Å². The van der Waals surface area contributed by atoms with E-state index in [-0.39, 0.29) is 6.61 Å². The van der Waals surface area contributed by atoms with Gasteiger partial charge in [0.2, 0.25) is 0 Å². The van der Waals surface area contributed by atoms with Crippen LogP contribution in [-0.4, -0.2) is 7.11 Å². The molecule has 0 fully saturated rings. The molecule has 13 heavy (non-hydrogen) atoms. The van der Waals surface area contributed by atoms with E-state index in [1.165, 1.54) is 7.11 Å². The molecule has 1 aromatic rings. The van der Waals surface area contributed by atoms with Gasteiger partial charge in [0.05, 0.1) is 6.61 Å². The Hall–Kier alpha value is -0.340. The fourth-order valence-corrected chi connectivity index (χ4v) is 1.33. The smallest absolute Gasteiger partial charge is 0.300 e. The van der Waals surface area contributed by atoms with Crippen molar-refractivity contribution in [2.24, 2.45) is 0 Å². The molecule has 0 aliphatic carbocycles. The largest absolute Gasteiger partial charge is 0.424 e. The first-order valence-corrected chi connectivity index (χ1v) is 6.13. The molecule has 0 aromatic heterocycles. The van der Waals surface area contributed by atoms with Crippen LogP contribution in [0.1, 0.15) is 5.56 Å². The molecule has 1 rings (SSSR count). The average molecular weight is 221 g/mol. The molecule has 0 saturated heterocycles. The predicted octanol–water partition coefficient (Wildman–Crippen LogP) is 3.20. The van der Waals surface area contributed by atoms with Gasteiger partial charge in [-0.25, -0.2) is 4.57 Å². The maximum atomic E-state index is 11.1. The first-order valence-electron chi connectivity index (χ1n) is 3.68. The number of hydrogen-bond acceptors (Lipinski definition) is 3. The van der Waals surface area contributed by atoms with E-state index >= 15 is 0 Å². The predicted molar refractivity (Wildman–Crippen MR) is 51.7 cm³/mol. The average Bonchev–Trinajstić information content (AvgIpc) is 2.17. The van der Waals surface area contributed by atoms with Crippen LogP contribution < -0.4 is 0 Å². The van der Waals surface area contributed by atoms with Gasteiger partial charge in [0.15, 0.2) is 0 Å². The van der Waals surface area contributed by atoms with E-state index in [1.54, 1.807) is 0 Å². The highest BCUT2D eigenvalue weighted by Gasteiger charge is 2.17. The molecule has 0 heterocycles. The third-order valence-electron chi connectivity index (χ3n) is 1.45. The normalized spacial score (nSPS) is 15.2. The minimum absolute atomic E-state index is 0.190. The van der Waals surface area contributed by atoms with Crippen LogP contribution in [0.3, 0.4) is 0 Å². The summed E-state index contributed by atoms with van der Waals surface area (Å²) in [6.07, 6.45) is 0. The Balaban J connectivity index is 2.49. The Morgan fingerprint density at radius 3 is 2.54 bits per heavy atom. The summed E-state index contributed by atoms with van der Waals surface area (Å²) < 4.78 is 20.4. The molecule has 5 heteroatoms. The second kappa shape index (κ2) is 4.77. The zero-order valence-electron chi connectivity index (χ0n) is 7.14. The summed E-state index contributed by atoms with van der Waals surface area (Å²) >= 11 is 5.38. The topological polar surface area (TPSA) is 35.5 Å². The van der Waals surface area contributed by atoms with Crippen LogP contribution in [0.4, 0.5) is 0 Å². The molecule has 0 aliphatic heterocycles. The summed E-state index contributed by atoms with van der Waals surface area (Å²) in [7, 11) is 1.25. The minimum atomic E-state index is -3.37. The van der Waals surface area contributed by atoms with Crippen LogP contribution in [0, 0.1) is 0 Å². The molecule has 0 amide bonds. The summed E-state index contributed by atoms with van der Waals surface area (Å²) in [5.74, 6) is 0. The SMILES string of the molecule is COP(=O)(Cl)OCc1ccccc1. The lowest BCUT2D eigenvalue weighted by atomic mass is 10.2. The van der Waals surface area contributed by atoms with Gasteiger partial charge in [-0.15, -0.1) is 0 Å². The summed E-state index contributed by atoms with van der Waals surface area (Å²) in [6, 6.07) is 9.33. The summed E-state index contributed by atoms with van der Waals surface area (Å²) in [5.41, 5.74) is 0.903. The van der Waals surface area contributed by atoms with E-state index < -0.39 is 6.95 Å². The number of rotatable bonds is 4. The van der Waals surface area contributed by atoms with Gasteiger partial charge >= 0.3 is 6.95 Å². The Labute approximate surface area is 81.9 Å². The standard InChI is InChI=1S/C8H10ClO3P/c1-11-13(9,10)12-7-8-5-3-2-4-6-8/h2-6H,7H2,1H3. The zero-order valence-corrected chi connectivity index (χ0v) is 8.79. The van der Waals surface area contributed by atoms with E-state index in [2.05, 4.69) is 4.52 Å². The quantitative estimate of drug-likeness (QED) is 0.731. The third kappa shape index (κ3) is 3.92. The first kappa shape index (κ1) is 10.7. The van der Waals surface area contributed by atoms with Crippen LogP contribution in [0.2, 0.25) is 0 Å². The lowest BCUT2D eigenvalue weighted by molar-refractivity contribution is 0.240. The van der Waals surface area contributed by atoms with E-state index in [1.807, 2.05) is 30.3 Å². The van der Waals surface area contributed by atoms with Gasteiger partial charge in [-0.05, 0) is 5.56 Å². The van der Waals surface area contributed by atoms with Gasteiger partial charge < -0.3 is 4.52 Å². The monoisotopic (exact) mass is 220 g/mol. The van der Waals surface area contributed by atoms with E-state index in [4.69, 9.17) is 15.8 Å². The number of hydrogen-bond donors (Lipinski definition) is 0. The van der Waals surface area contributed by atoms with Crippen molar-refractivity contribution in [1.82, 2.24) is 0 Å². The maximum absolute atomic E-state index is 11.1. The van der Waals surface area contributed by atoms with Crippen molar-refractivity contribution in [2.75, 3.05) is 7.11 Å². The molecule has 0 N–H and O–H groups in total. The Morgan fingerprint density at radius 1 is 1.38 bits per heavy atom. The van der Waals surface area contributed by atoms with Crippen LogP contribution in [0.15, 0.2) is 30.3 Å². The maximum Gasteiger partial charge on any atom is 0.424 e. The molecular formula is C8H10ClO3P. The molecule has 0 spiro atoms. The second-order valence-corrected chi connectivity index (χ2v) is 5.10. The molecule has 1 unspecified atom stereocenters. The molecule has 72 valence electrons. The molecule has 0 radical (unpaired) electrons. The molecule has 0 aliphatic rings. The highest BCUT2D eigenvalue weighted by Crippen LogP contribution is 2.53. The molecule has 0 bridgehead atoms. The summed E-state index contributed by atoms with van der Waals surface area (Å²) in [5, 5.41) is 0. The van der Waals surface area contributed by atoms with Crippen LogP contribution >= 0.6 is 18.2 Å². The highest BCUT2D eigenvalue weighted by atomic mass is 35.7. The first-order chi connectivity index (χ1) is 6.14. The van der Waals surface area contributed by atoms with E-state index in [9.17, 15) is 4.57 Å². The van der Waals surface area contributed by atoms with Gasteiger partial charge in [-0.3, -0.25) is 4.52 Å². The Kier molecular flexibility index (Phi) is 3.94. The fraction of sp³-hybridized carbons (Fsp3) is 0.250. The van der Waals surface area contributed by atoms with Gasteiger partial charge in [0, 0.05) is 18.4 Å². The van der Waals surface area contributed by atoms with Crippen molar-refractivity contribution in [2.45, 2.75) is 6.61 Å². The van der Waals surface area contributed by atoms with Gasteiger partial charge in [-0.2, -0.15) is 0 Å². The van der Waals surface area contributed by atoms with E-state index in [0.717, 1.165) is 5.56 Å². The number of benzene rings is 1. The second-order valence-electron chi connectivity index (χ2n) is 2.37. The van der Waals surface area contributed by atoms with Crippen molar-refractivity contribution >= 4 is 18.2 Å². The summed E-state index contributed by atoms with van der Waals surface area (Å²) in [4.78, 5) is 0. The fourth-order valence-electron chi connectivity index (χ4n) is 0.779. The molecule has 0 saturated carbocycles. The van der Waals surface area contributed by atoms with E-state index in [0.29, 0.717) is 0 Å². The summed E-state index contributed by atoms with van der Waals surface area (Å²) in [6.45, 7) is -3.18. The minimum Gasteiger partial charge on any atom is -0.300 e. The molecular weight excluding hydrogens is 211 g/mol. The lowest BCUT2D eigenvalue weighted by Gasteiger charge is -2.07. The van der Waals surface area contributed by atoms with Gasteiger partial charge in [-0.1, -0.05) is 30.3 Å². The van der Waals surface area contributed by atoms with Gasteiger partial charge in [0.25, 0.3) is 0 Å². The highest BCUT2D eigenvalue weighted by molar-refractivity contribution is 7.81. The Bertz CT molecular complexity index is 302. The van der Waals surface area contributed by atoms with Crippen LogP contribution in [-0.2, 0) is 20.2 Å². The van der Waals surface area contributed by atoms with Crippen molar-refractivity contribution in [1.29, 1.82) is 0 Å². The van der Waals surface area contributed by atoms with Crippen molar-refractivity contribution in [3.8, 4) is 0 Å². The molecule has 3 nitrogen and oxygen atoms in total. The van der Waals surface area contributed by atoms with Crippen molar-refractivity contribution in [3.63, 3.8) is 0 Å². The molecule has 1 aromatic carbocycles. The van der Waals surface area contributed by atoms with Crippen molar-refractivity contribution < 1.29 is 13.6 Å². The lowest BCUT2D eigenvalue weighted by Crippen LogP contribution is -1.88. The van der Waals surface area contributed by atoms with Crippen LogP contribution in [0.5, 0.6) is 0 Å². The number of halogens is 1. The third-order valence-corrected chi connectivity index (χ3v) is 3.03. The Morgan fingerprint density at radius 2 is 2.00 bits per heavy atom. The van der Waals surface area contributed by atoms with Crippen LogP contribution in [0.25, 0.3) is 0 Å². The van der Waals surface area contributed by atoms with Crippen molar-refractivity contribution in [3.05, 3.63) is 35.9 Å². The molecule has 1 atom stereocenters.